The van der Waals surface area contributed by atoms with E-state index >= 15 is 0 Å². The summed E-state index contributed by atoms with van der Waals surface area (Å²) in [6, 6.07) is 6.36. The molecule has 0 spiro atoms. The largest absolute Gasteiger partial charge is 0.464 e. The van der Waals surface area contributed by atoms with Crippen LogP contribution in [0.15, 0.2) is 46.1 Å². The van der Waals surface area contributed by atoms with Gasteiger partial charge in [0.25, 0.3) is 10.0 Å². The van der Waals surface area contributed by atoms with Gasteiger partial charge in [-0.25, -0.2) is 27.0 Å². The van der Waals surface area contributed by atoms with E-state index in [-0.39, 0.29) is 26.1 Å². The number of halogens is 3. The number of hydrogen-bond donors (Lipinski definition) is 2. The first-order chi connectivity index (χ1) is 15.1. The number of thiazole rings is 1. The molecule has 1 atom stereocenters. The first kappa shape index (κ1) is 23.4. The average molecular weight is 499 g/mol. The highest BCUT2D eigenvalue weighted by atomic mass is 35.5. The second-order valence-corrected chi connectivity index (χ2v) is 9.26. The Morgan fingerprint density at radius 2 is 2.03 bits per heavy atom. The van der Waals surface area contributed by atoms with E-state index in [2.05, 4.69) is 10.3 Å². The lowest BCUT2D eigenvalue weighted by Crippen LogP contribution is -2.36. The maximum Gasteiger partial charge on any atom is 0.427 e. The number of nitrogens with one attached hydrogen (secondary N) is 1. The van der Waals surface area contributed by atoms with E-state index in [0.29, 0.717) is 0 Å². The summed E-state index contributed by atoms with van der Waals surface area (Å²) in [5.74, 6) is -2.31. The van der Waals surface area contributed by atoms with Crippen LogP contribution in [0.5, 0.6) is 0 Å². The molecule has 1 heterocycles. The molecule has 0 bridgehead atoms. The second kappa shape index (κ2) is 9.07. The lowest BCUT2D eigenvalue weighted by molar-refractivity contribution is 0.206. The number of nitrogens with zero attached hydrogens (tertiary/aromatic N) is 3. The Bertz CT molecular complexity index is 1330. The third-order valence-corrected chi connectivity index (χ3v) is 6.88. The van der Waals surface area contributed by atoms with Crippen LogP contribution in [0.1, 0.15) is 24.1 Å². The average Bonchev–Trinajstić information content (AvgIpc) is 3.24. The fourth-order valence-electron chi connectivity index (χ4n) is 2.82. The number of carbonyl (C=O) groups is 1. The standard InChI is InChI=1S/C19H13ClF2N4O4S2/c1-10(12-4-11(7-23)2-3-14(12)21)25-16-6-15(22)17(5-13(16)20)32(29,30)26(19(27)28)18-8-31-9-24-18/h2-6,8-10,25H,1H3,(H,27,28). The molecule has 8 nitrogen and oxygen atoms in total. The zero-order valence-electron chi connectivity index (χ0n) is 16.1. The Hall–Kier alpha value is -3.27. The molecule has 2 N–H and O–H groups in total. The van der Waals surface area contributed by atoms with Crippen LogP contribution >= 0.6 is 22.9 Å². The van der Waals surface area contributed by atoms with E-state index in [1.54, 1.807) is 0 Å². The van der Waals surface area contributed by atoms with E-state index in [0.717, 1.165) is 29.5 Å². The molecule has 2 aromatic carbocycles. The van der Waals surface area contributed by atoms with E-state index in [4.69, 9.17) is 16.9 Å². The number of nitriles is 1. The van der Waals surface area contributed by atoms with Crippen molar-refractivity contribution in [3.8, 4) is 6.07 Å². The molecule has 3 rings (SSSR count). The Balaban J connectivity index is 1.98. The zero-order chi connectivity index (χ0) is 23.6. The van der Waals surface area contributed by atoms with Crippen molar-refractivity contribution in [3.63, 3.8) is 0 Å². The number of anilines is 2. The molecule has 0 aliphatic heterocycles. The van der Waals surface area contributed by atoms with Crippen molar-refractivity contribution in [1.82, 2.24) is 4.98 Å². The van der Waals surface area contributed by atoms with Crippen molar-refractivity contribution in [1.29, 1.82) is 5.26 Å². The van der Waals surface area contributed by atoms with Gasteiger partial charge in [0, 0.05) is 10.9 Å². The fraction of sp³-hybridized carbons (Fsp3) is 0.105. The van der Waals surface area contributed by atoms with Gasteiger partial charge >= 0.3 is 6.09 Å². The van der Waals surface area contributed by atoms with Crippen LogP contribution in [-0.4, -0.2) is 24.6 Å². The molecule has 1 unspecified atom stereocenters. The first-order valence-electron chi connectivity index (χ1n) is 8.67. The topological polar surface area (TPSA) is 123 Å². The van der Waals surface area contributed by atoms with Gasteiger partial charge in [-0.2, -0.15) is 5.26 Å². The van der Waals surface area contributed by atoms with E-state index < -0.39 is 44.5 Å². The number of rotatable bonds is 6. The van der Waals surface area contributed by atoms with Crippen molar-refractivity contribution in [3.05, 3.63) is 69.0 Å². The predicted octanol–water partition coefficient (Wildman–Crippen LogP) is 4.99. The van der Waals surface area contributed by atoms with Gasteiger partial charge < -0.3 is 10.4 Å². The SMILES string of the molecule is CC(Nc1cc(F)c(S(=O)(=O)N(C(=O)O)c2cscn2)cc1Cl)c1cc(C#N)ccc1F. The highest BCUT2D eigenvalue weighted by molar-refractivity contribution is 7.93. The summed E-state index contributed by atoms with van der Waals surface area (Å²) in [5, 5.41) is 22.0. The highest BCUT2D eigenvalue weighted by Gasteiger charge is 2.35. The van der Waals surface area contributed by atoms with Gasteiger partial charge in [0.1, 0.15) is 16.5 Å². The van der Waals surface area contributed by atoms with Crippen molar-refractivity contribution in [2.45, 2.75) is 17.9 Å². The molecule has 1 amide bonds. The molecular formula is C19H13ClF2N4O4S2. The van der Waals surface area contributed by atoms with Crippen LogP contribution in [0, 0.1) is 23.0 Å². The van der Waals surface area contributed by atoms with E-state index in [9.17, 15) is 27.1 Å². The summed E-state index contributed by atoms with van der Waals surface area (Å²) in [4.78, 5) is 14.2. The van der Waals surface area contributed by atoms with Crippen molar-refractivity contribution in [2.24, 2.45) is 0 Å². The van der Waals surface area contributed by atoms with Gasteiger partial charge in [0.15, 0.2) is 5.82 Å². The van der Waals surface area contributed by atoms with Gasteiger partial charge in [0.2, 0.25) is 0 Å². The van der Waals surface area contributed by atoms with Gasteiger partial charge in [-0.1, -0.05) is 11.6 Å². The van der Waals surface area contributed by atoms with Crippen molar-refractivity contribution < 1.29 is 27.1 Å². The highest BCUT2D eigenvalue weighted by Crippen LogP contribution is 2.34. The minimum Gasteiger partial charge on any atom is -0.464 e. The van der Waals surface area contributed by atoms with Crippen LogP contribution in [0.25, 0.3) is 0 Å². The Kier molecular flexibility index (Phi) is 6.63. The molecule has 0 saturated carbocycles. The Morgan fingerprint density at radius 3 is 2.62 bits per heavy atom. The lowest BCUT2D eigenvalue weighted by atomic mass is 10.0. The van der Waals surface area contributed by atoms with E-state index in [1.165, 1.54) is 29.9 Å². The number of carboxylic acid groups (broad SMARTS) is 1. The summed E-state index contributed by atoms with van der Waals surface area (Å²) < 4.78 is 54.6. The third-order valence-electron chi connectivity index (χ3n) is 4.30. The summed E-state index contributed by atoms with van der Waals surface area (Å²) in [7, 11) is -4.89. The number of benzene rings is 2. The molecule has 13 heteroatoms. The normalized spacial score (nSPS) is 12.1. The van der Waals surface area contributed by atoms with Gasteiger partial charge in [-0.05, 0) is 37.3 Å². The molecule has 3 aromatic rings. The number of sulfonamides is 1. The van der Waals surface area contributed by atoms with Crippen LogP contribution in [0.3, 0.4) is 0 Å². The number of hydrogen-bond acceptors (Lipinski definition) is 7. The molecular weight excluding hydrogens is 486 g/mol. The minimum absolute atomic E-state index is 0.0588. The molecule has 166 valence electrons. The molecule has 0 aliphatic rings. The van der Waals surface area contributed by atoms with Gasteiger partial charge in [-0.3, -0.25) is 0 Å². The smallest absolute Gasteiger partial charge is 0.427 e. The molecule has 0 aliphatic carbocycles. The number of aromatic nitrogens is 1. The van der Waals surface area contributed by atoms with Crippen LogP contribution < -0.4 is 9.62 Å². The lowest BCUT2D eigenvalue weighted by Gasteiger charge is -2.20. The number of amides is 1. The summed E-state index contributed by atoms with van der Waals surface area (Å²) in [6.07, 6.45) is -1.88. The molecule has 1 aromatic heterocycles. The monoisotopic (exact) mass is 498 g/mol. The summed E-state index contributed by atoms with van der Waals surface area (Å²) in [5.41, 5.74) is 1.48. The first-order valence-corrected chi connectivity index (χ1v) is 11.4. The van der Waals surface area contributed by atoms with Crippen LogP contribution in [0.2, 0.25) is 5.02 Å². The summed E-state index contributed by atoms with van der Waals surface area (Å²) >= 11 is 7.08. The predicted molar refractivity (Wildman–Crippen MR) is 114 cm³/mol. The Morgan fingerprint density at radius 1 is 1.31 bits per heavy atom. The minimum atomic E-state index is -4.89. The quantitative estimate of drug-likeness (QED) is 0.490. The molecule has 0 fully saturated rings. The van der Waals surface area contributed by atoms with Crippen molar-refractivity contribution >= 4 is 50.6 Å². The maximum absolute atomic E-state index is 14.8. The maximum atomic E-state index is 14.8. The Labute approximate surface area is 190 Å². The van der Waals surface area contributed by atoms with Crippen molar-refractivity contribution in [2.75, 3.05) is 9.62 Å². The van der Waals surface area contributed by atoms with Crippen LogP contribution in [-0.2, 0) is 10.0 Å². The zero-order valence-corrected chi connectivity index (χ0v) is 18.5. The second-order valence-electron chi connectivity index (χ2n) is 6.38. The third kappa shape index (κ3) is 4.50. The molecule has 0 radical (unpaired) electrons. The summed E-state index contributed by atoms with van der Waals surface area (Å²) in [6.45, 7) is 1.53. The molecule has 32 heavy (non-hydrogen) atoms. The molecule has 0 saturated heterocycles. The van der Waals surface area contributed by atoms with Gasteiger partial charge in [0.05, 0.1) is 33.9 Å². The van der Waals surface area contributed by atoms with E-state index in [1.807, 2.05) is 6.07 Å². The van der Waals surface area contributed by atoms with Gasteiger partial charge in [-0.15, -0.1) is 15.6 Å². The fourth-order valence-corrected chi connectivity index (χ4v) is 5.01. The van der Waals surface area contributed by atoms with Crippen LogP contribution in [0.4, 0.5) is 25.1 Å².